The van der Waals surface area contributed by atoms with E-state index in [2.05, 4.69) is 10.0 Å². The molecule has 33 heavy (non-hydrogen) atoms. The molecular weight excluding hydrogens is 523 g/mol. The van der Waals surface area contributed by atoms with Gasteiger partial charge in [0.25, 0.3) is 15.9 Å². The number of amides is 1. The predicted octanol–water partition coefficient (Wildman–Crippen LogP) is 6.42. The fraction of sp³-hybridized carbons (Fsp3) is 0.174. The van der Waals surface area contributed by atoms with Gasteiger partial charge in [0.1, 0.15) is 0 Å². The van der Waals surface area contributed by atoms with Gasteiger partial charge in [-0.05, 0) is 55.0 Å². The van der Waals surface area contributed by atoms with Crippen molar-refractivity contribution in [2.75, 3.05) is 17.0 Å². The number of sulfonamides is 1. The van der Waals surface area contributed by atoms with E-state index >= 15 is 0 Å². The van der Waals surface area contributed by atoms with E-state index in [4.69, 9.17) is 34.8 Å². The molecule has 0 fully saturated rings. The summed E-state index contributed by atoms with van der Waals surface area (Å²) in [6.45, 7) is 2.30. The Morgan fingerprint density at radius 1 is 0.939 bits per heavy atom. The quantitative estimate of drug-likeness (QED) is 0.305. The third-order valence-corrected chi connectivity index (χ3v) is 8.04. The van der Waals surface area contributed by atoms with Crippen molar-refractivity contribution in [1.29, 1.82) is 0 Å². The van der Waals surface area contributed by atoms with Crippen LogP contribution in [0.15, 0.2) is 65.6 Å². The minimum absolute atomic E-state index is 0.140. The lowest BCUT2D eigenvalue weighted by Gasteiger charge is -2.11. The van der Waals surface area contributed by atoms with Crippen LogP contribution in [0, 0.1) is 6.92 Å². The number of carbonyl (C=O) groups excluding carboxylic acids is 1. The van der Waals surface area contributed by atoms with Gasteiger partial charge < -0.3 is 5.32 Å². The maximum Gasteiger partial charge on any atom is 0.261 e. The standard InChI is InChI=1S/C23H21Cl3N2O3S2/c1-15-5-8-17(9-6-15)33(30,31)28-16-7-10-18(22(26)13-16)23(29)27-11-12-32-14-19-20(24)3-2-4-21(19)25/h2-10,13,28H,11-12,14H2,1H3,(H,27,29). The number of aryl methyl sites for hydroxylation is 1. The van der Waals surface area contributed by atoms with Crippen LogP contribution in [0.5, 0.6) is 0 Å². The molecule has 3 rings (SSSR count). The molecule has 0 bridgehead atoms. The smallest absolute Gasteiger partial charge is 0.261 e. The Labute approximate surface area is 212 Å². The number of rotatable bonds is 9. The van der Waals surface area contributed by atoms with Gasteiger partial charge in [-0.25, -0.2) is 8.42 Å². The Balaban J connectivity index is 1.53. The summed E-state index contributed by atoms with van der Waals surface area (Å²) in [5.41, 5.74) is 2.35. The highest BCUT2D eigenvalue weighted by atomic mass is 35.5. The Bertz CT molecular complexity index is 1230. The Hall–Kier alpha value is -1.90. The summed E-state index contributed by atoms with van der Waals surface area (Å²) < 4.78 is 27.6. The third kappa shape index (κ3) is 7.04. The predicted molar refractivity (Wildman–Crippen MR) is 138 cm³/mol. The summed E-state index contributed by atoms with van der Waals surface area (Å²) in [6, 6.07) is 16.3. The maximum absolute atomic E-state index is 12.5. The van der Waals surface area contributed by atoms with Crippen molar-refractivity contribution in [2.45, 2.75) is 17.6 Å². The number of benzene rings is 3. The number of hydrogen-bond donors (Lipinski definition) is 2. The lowest BCUT2D eigenvalue weighted by molar-refractivity contribution is 0.0956. The van der Waals surface area contributed by atoms with Crippen molar-refractivity contribution in [3.05, 3.63) is 92.4 Å². The summed E-state index contributed by atoms with van der Waals surface area (Å²) in [5.74, 6) is 0.939. The first-order valence-electron chi connectivity index (χ1n) is 9.85. The molecule has 0 spiro atoms. The molecule has 5 nitrogen and oxygen atoms in total. The van der Waals surface area contributed by atoms with Crippen molar-refractivity contribution in [3.63, 3.8) is 0 Å². The molecule has 3 aromatic rings. The van der Waals surface area contributed by atoms with Gasteiger partial charge in [-0.3, -0.25) is 9.52 Å². The minimum atomic E-state index is -3.76. The maximum atomic E-state index is 12.5. The molecule has 0 unspecified atom stereocenters. The summed E-state index contributed by atoms with van der Waals surface area (Å²) >= 11 is 20.2. The molecule has 10 heteroatoms. The molecule has 0 aliphatic rings. The highest BCUT2D eigenvalue weighted by Crippen LogP contribution is 2.28. The zero-order valence-corrected chi connectivity index (χ0v) is 21.5. The number of thioether (sulfide) groups is 1. The number of hydrogen-bond acceptors (Lipinski definition) is 4. The first-order chi connectivity index (χ1) is 15.7. The molecule has 2 N–H and O–H groups in total. The molecule has 0 heterocycles. The van der Waals surface area contributed by atoms with E-state index in [1.54, 1.807) is 42.1 Å². The Kier molecular flexibility index (Phi) is 8.95. The van der Waals surface area contributed by atoms with Crippen molar-refractivity contribution >= 4 is 68.2 Å². The van der Waals surface area contributed by atoms with Crippen molar-refractivity contribution in [2.24, 2.45) is 0 Å². The molecule has 0 atom stereocenters. The van der Waals surface area contributed by atoms with Gasteiger partial charge in [-0.2, -0.15) is 11.8 Å². The van der Waals surface area contributed by atoms with Gasteiger partial charge >= 0.3 is 0 Å². The Morgan fingerprint density at radius 2 is 1.61 bits per heavy atom. The molecule has 0 radical (unpaired) electrons. The van der Waals surface area contributed by atoms with E-state index in [1.165, 1.54) is 30.3 Å². The van der Waals surface area contributed by atoms with Crippen LogP contribution in [0.4, 0.5) is 5.69 Å². The lowest BCUT2D eigenvalue weighted by atomic mass is 10.2. The molecule has 0 aliphatic heterocycles. The van der Waals surface area contributed by atoms with Crippen molar-refractivity contribution in [1.82, 2.24) is 5.32 Å². The summed E-state index contributed by atoms with van der Waals surface area (Å²) in [5, 5.41) is 4.18. The molecule has 0 saturated heterocycles. The SMILES string of the molecule is Cc1ccc(S(=O)(=O)Nc2ccc(C(=O)NCCSCc3c(Cl)cccc3Cl)c(Cl)c2)cc1. The summed E-state index contributed by atoms with van der Waals surface area (Å²) in [7, 11) is -3.76. The molecule has 0 aromatic heterocycles. The average Bonchev–Trinajstić information content (AvgIpc) is 2.75. The van der Waals surface area contributed by atoms with Crippen molar-refractivity contribution in [3.8, 4) is 0 Å². The van der Waals surface area contributed by atoms with Crippen LogP contribution >= 0.6 is 46.6 Å². The second kappa shape index (κ2) is 11.5. The Morgan fingerprint density at radius 3 is 2.24 bits per heavy atom. The van der Waals surface area contributed by atoms with Crippen LogP contribution in [0.1, 0.15) is 21.5 Å². The highest BCUT2D eigenvalue weighted by Gasteiger charge is 2.16. The number of halogens is 3. The van der Waals surface area contributed by atoms with Gasteiger partial charge in [0.05, 0.1) is 21.2 Å². The monoisotopic (exact) mass is 542 g/mol. The lowest BCUT2D eigenvalue weighted by Crippen LogP contribution is -2.26. The third-order valence-electron chi connectivity index (χ3n) is 4.64. The van der Waals surface area contributed by atoms with E-state index < -0.39 is 10.0 Å². The zero-order chi connectivity index (χ0) is 24.0. The van der Waals surface area contributed by atoms with Crippen molar-refractivity contribution < 1.29 is 13.2 Å². The van der Waals surface area contributed by atoms with Gasteiger partial charge in [0, 0.05) is 28.1 Å². The van der Waals surface area contributed by atoms with E-state index in [-0.39, 0.29) is 27.1 Å². The first-order valence-corrected chi connectivity index (χ1v) is 13.6. The first kappa shape index (κ1) is 25.7. The fourth-order valence-electron chi connectivity index (χ4n) is 2.87. The highest BCUT2D eigenvalue weighted by molar-refractivity contribution is 7.98. The topological polar surface area (TPSA) is 75.3 Å². The minimum Gasteiger partial charge on any atom is -0.351 e. The van der Waals surface area contributed by atoms with E-state index in [1.807, 2.05) is 6.92 Å². The van der Waals surface area contributed by atoms with Gasteiger partial charge in [-0.1, -0.05) is 58.6 Å². The van der Waals surface area contributed by atoms with Crippen LogP contribution in [0.25, 0.3) is 0 Å². The fourth-order valence-corrected chi connectivity index (χ4v) is 5.78. The van der Waals surface area contributed by atoms with E-state index in [0.717, 1.165) is 11.1 Å². The molecule has 0 saturated carbocycles. The summed E-state index contributed by atoms with van der Waals surface area (Å²) in [6.07, 6.45) is 0. The molecule has 1 amide bonds. The number of carbonyl (C=O) groups is 1. The largest absolute Gasteiger partial charge is 0.351 e. The molecule has 0 aliphatic carbocycles. The van der Waals surface area contributed by atoms with Gasteiger partial charge in [0.2, 0.25) is 0 Å². The second-order valence-corrected chi connectivity index (χ2v) is 11.1. The van der Waals surface area contributed by atoms with Gasteiger partial charge in [0.15, 0.2) is 0 Å². The average molecular weight is 544 g/mol. The molecular formula is C23H21Cl3N2O3S2. The summed E-state index contributed by atoms with van der Waals surface area (Å²) in [4.78, 5) is 12.6. The van der Waals surface area contributed by atoms with E-state index in [0.29, 0.717) is 28.1 Å². The van der Waals surface area contributed by atoms with Gasteiger partial charge in [-0.15, -0.1) is 0 Å². The second-order valence-electron chi connectivity index (χ2n) is 7.12. The van der Waals surface area contributed by atoms with Crippen LogP contribution in [0.2, 0.25) is 15.1 Å². The normalized spacial score (nSPS) is 11.3. The van der Waals surface area contributed by atoms with Crippen LogP contribution in [0.3, 0.4) is 0 Å². The zero-order valence-electron chi connectivity index (χ0n) is 17.6. The molecule has 174 valence electrons. The molecule has 3 aromatic carbocycles. The van der Waals surface area contributed by atoms with Crippen LogP contribution in [-0.4, -0.2) is 26.6 Å². The number of anilines is 1. The van der Waals surface area contributed by atoms with E-state index in [9.17, 15) is 13.2 Å². The van der Waals surface area contributed by atoms with Crippen LogP contribution < -0.4 is 10.0 Å². The number of nitrogens with one attached hydrogen (secondary N) is 2. The van der Waals surface area contributed by atoms with Crippen LogP contribution in [-0.2, 0) is 15.8 Å².